The third-order valence-corrected chi connectivity index (χ3v) is 7.23. The van der Waals surface area contributed by atoms with E-state index in [1.54, 1.807) is 10.8 Å². The lowest BCUT2D eigenvalue weighted by Gasteiger charge is -2.10. The maximum Gasteiger partial charge on any atom is 0.323 e. The van der Waals surface area contributed by atoms with Gasteiger partial charge >= 0.3 is 5.97 Å². The lowest BCUT2D eigenvalue weighted by molar-refractivity contribution is -0.140. The number of thiocarbonyl (C=S) groups is 1. The first-order valence-electron chi connectivity index (χ1n) is 11.8. The van der Waals surface area contributed by atoms with Gasteiger partial charge in [-0.3, -0.25) is 14.5 Å². The van der Waals surface area contributed by atoms with E-state index in [1.807, 2.05) is 79.9 Å². The Hall–Kier alpha value is -4.21. The van der Waals surface area contributed by atoms with Gasteiger partial charge in [0.25, 0.3) is 5.91 Å². The van der Waals surface area contributed by atoms with E-state index in [2.05, 4.69) is 12.1 Å². The molecule has 1 saturated heterocycles. The van der Waals surface area contributed by atoms with E-state index >= 15 is 0 Å². The average molecular weight is 542 g/mol. The number of aliphatic carboxylic acids is 1. The van der Waals surface area contributed by atoms with Gasteiger partial charge in [0.15, 0.2) is 0 Å². The lowest BCUT2D eigenvalue weighted by Crippen LogP contribution is -2.33. The second-order valence-corrected chi connectivity index (χ2v) is 10.4. The van der Waals surface area contributed by atoms with Crippen molar-refractivity contribution in [1.82, 2.24) is 14.7 Å². The van der Waals surface area contributed by atoms with Gasteiger partial charge in [0, 0.05) is 17.3 Å². The van der Waals surface area contributed by atoms with Gasteiger partial charge in [0.2, 0.25) is 0 Å². The smallest absolute Gasteiger partial charge is 0.323 e. The van der Waals surface area contributed by atoms with Crippen LogP contribution in [-0.2, 0) is 16.2 Å². The summed E-state index contributed by atoms with van der Waals surface area (Å²) in [4.78, 5) is 25.5. The first-order chi connectivity index (χ1) is 18.4. The number of carboxylic acid groups (broad SMARTS) is 1. The number of para-hydroxylation sites is 1. The van der Waals surface area contributed by atoms with Gasteiger partial charge in [-0.05, 0) is 42.8 Å². The summed E-state index contributed by atoms with van der Waals surface area (Å²) >= 11 is 6.34. The topological polar surface area (TPSA) is 84.7 Å². The molecule has 1 fully saturated rings. The van der Waals surface area contributed by atoms with Crippen molar-refractivity contribution in [3.63, 3.8) is 0 Å². The van der Waals surface area contributed by atoms with Crippen molar-refractivity contribution in [2.75, 3.05) is 6.54 Å². The Morgan fingerprint density at radius 2 is 1.84 bits per heavy atom. The van der Waals surface area contributed by atoms with Crippen molar-refractivity contribution in [3.05, 3.63) is 107 Å². The molecular formula is C29H23N3O4S2. The first-order valence-corrected chi connectivity index (χ1v) is 13.0. The normalized spacial score (nSPS) is 14.3. The number of rotatable bonds is 8. The van der Waals surface area contributed by atoms with E-state index in [0.29, 0.717) is 28.5 Å². The van der Waals surface area contributed by atoms with Crippen LogP contribution in [0.15, 0.2) is 90.0 Å². The molecule has 2 heterocycles. The van der Waals surface area contributed by atoms with Crippen molar-refractivity contribution in [1.29, 1.82) is 0 Å². The van der Waals surface area contributed by atoms with Crippen LogP contribution < -0.4 is 4.74 Å². The number of benzene rings is 3. The lowest BCUT2D eigenvalue weighted by atomic mass is 10.1. The molecule has 0 saturated carbocycles. The summed E-state index contributed by atoms with van der Waals surface area (Å²) in [5.74, 6) is -0.866. The number of ether oxygens (including phenoxy) is 1. The maximum absolute atomic E-state index is 12.9. The molecule has 0 atom stereocenters. The second kappa shape index (κ2) is 11.0. The number of thioether (sulfide) groups is 1. The molecule has 190 valence electrons. The number of carbonyl (C=O) groups excluding carboxylic acids is 1. The van der Waals surface area contributed by atoms with Crippen LogP contribution in [0.25, 0.3) is 23.0 Å². The molecule has 0 spiro atoms. The zero-order chi connectivity index (χ0) is 26.6. The Morgan fingerprint density at radius 3 is 2.58 bits per heavy atom. The third-order valence-electron chi connectivity index (χ3n) is 5.85. The number of aryl methyl sites for hydroxylation is 1. The zero-order valence-electron chi connectivity index (χ0n) is 20.4. The van der Waals surface area contributed by atoms with Crippen molar-refractivity contribution >= 4 is 46.3 Å². The fourth-order valence-electron chi connectivity index (χ4n) is 3.93. The van der Waals surface area contributed by atoms with Gasteiger partial charge in [0.05, 0.1) is 10.6 Å². The molecule has 38 heavy (non-hydrogen) atoms. The highest BCUT2D eigenvalue weighted by Crippen LogP contribution is 2.35. The molecule has 0 unspecified atom stereocenters. The predicted molar refractivity (Wildman–Crippen MR) is 152 cm³/mol. The Balaban J connectivity index is 1.49. The molecule has 1 N–H and O–H groups in total. The van der Waals surface area contributed by atoms with Crippen LogP contribution in [0.5, 0.6) is 5.75 Å². The molecule has 3 aromatic carbocycles. The number of carbonyl (C=O) groups is 2. The summed E-state index contributed by atoms with van der Waals surface area (Å²) in [6.07, 6.45) is 3.55. The maximum atomic E-state index is 12.9. The zero-order valence-corrected chi connectivity index (χ0v) is 22.0. The Morgan fingerprint density at radius 1 is 1.08 bits per heavy atom. The Labute approximate surface area is 229 Å². The molecule has 0 aliphatic carbocycles. The van der Waals surface area contributed by atoms with Gasteiger partial charge in [-0.15, -0.1) is 0 Å². The van der Waals surface area contributed by atoms with Crippen molar-refractivity contribution in [2.24, 2.45) is 0 Å². The number of nitrogens with zero attached hydrogens (tertiary/aromatic N) is 3. The van der Waals surface area contributed by atoms with E-state index < -0.39 is 18.4 Å². The molecule has 1 aliphatic heterocycles. The summed E-state index contributed by atoms with van der Waals surface area (Å²) in [7, 11) is 0. The number of carboxylic acids is 1. The van der Waals surface area contributed by atoms with Crippen LogP contribution in [0.2, 0.25) is 0 Å². The summed E-state index contributed by atoms with van der Waals surface area (Å²) < 4.78 is 8.02. The number of amides is 1. The number of hydrogen-bond acceptors (Lipinski definition) is 6. The highest BCUT2D eigenvalue weighted by Gasteiger charge is 2.33. The van der Waals surface area contributed by atoms with Gasteiger partial charge in [-0.25, -0.2) is 4.68 Å². The van der Waals surface area contributed by atoms with Crippen LogP contribution in [0, 0.1) is 6.92 Å². The minimum Gasteiger partial charge on any atom is -0.489 e. The molecule has 5 rings (SSSR count). The molecule has 7 nitrogen and oxygen atoms in total. The molecule has 0 bridgehead atoms. The van der Waals surface area contributed by atoms with Crippen molar-refractivity contribution < 1.29 is 19.4 Å². The van der Waals surface area contributed by atoms with Crippen LogP contribution in [-0.4, -0.2) is 42.5 Å². The second-order valence-electron chi connectivity index (χ2n) is 8.68. The van der Waals surface area contributed by atoms with Crippen LogP contribution in [0.4, 0.5) is 0 Å². The Bertz CT molecular complexity index is 1550. The minimum absolute atomic E-state index is 0.215. The molecule has 1 aromatic heterocycles. The first kappa shape index (κ1) is 25.4. The molecule has 4 aromatic rings. The monoisotopic (exact) mass is 541 g/mol. The Kier molecular flexibility index (Phi) is 7.39. The van der Waals surface area contributed by atoms with E-state index in [-0.39, 0.29) is 4.32 Å². The van der Waals surface area contributed by atoms with Crippen LogP contribution in [0.1, 0.15) is 16.7 Å². The van der Waals surface area contributed by atoms with Crippen LogP contribution in [0.3, 0.4) is 0 Å². The van der Waals surface area contributed by atoms with E-state index in [4.69, 9.17) is 27.2 Å². The fraction of sp³-hybridized carbons (Fsp3) is 0.103. The predicted octanol–water partition coefficient (Wildman–Crippen LogP) is 5.71. The van der Waals surface area contributed by atoms with Crippen molar-refractivity contribution in [3.8, 4) is 22.7 Å². The average Bonchev–Trinajstić information content (AvgIpc) is 3.45. The summed E-state index contributed by atoms with van der Waals surface area (Å²) in [5.41, 5.74) is 5.28. The van der Waals surface area contributed by atoms with Gasteiger partial charge in [-0.1, -0.05) is 84.1 Å². The van der Waals surface area contributed by atoms with E-state index in [1.165, 1.54) is 5.56 Å². The van der Waals surface area contributed by atoms with E-state index in [9.17, 15) is 9.59 Å². The number of aromatic nitrogens is 2. The highest BCUT2D eigenvalue weighted by molar-refractivity contribution is 8.26. The summed E-state index contributed by atoms with van der Waals surface area (Å²) in [6.45, 7) is 2.00. The molecular weight excluding hydrogens is 518 g/mol. The molecule has 1 amide bonds. The molecule has 0 radical (unpaired) electrons. The quantitative estimate of drug-likeness (QED) is 0.226. The summed E-state index contributed by atoms with van der Waals surface area (Å²) in [5, 5.41) is 14.0. The van der Waals surface area contributed by atoms with Gasteiger partial charge in [0.1, 0.15) is 28.9 Å². The standard InChI is InChI=1S/C29H23N3O4S2/c1-19-10-12-20(13-11-19)18-36-24-9-5-6-21(14-24)27-22(16-32(30-27)23-7-3-2-4-8-23)15-25-28(35)31(17-26(33)34)29(37)38-25/h2-16H,17-18H2,1H3,(H,33,34). The highest BCUT2D eigenvalue weighted by atomic mass is 32.2. The number of hydrogen-bond donors (Lipinski definition) is 1. The minimum atomic E-state index is -1.12. The van der Waals surface area contributed by atoms with Gasteiger partial charge in [-0.2, -0.15) is 5.10 Å². The largest absolute Gasteiger partial charge is 0.489 e. The van der Waals surface area contributed by atoms with Crippen molar-refractivity contribution in [2.45, 2.75) is 13.5 Å². The SMILES string of the molecule is Cc1ccc(COc2cccc(-c3nn(-c4ccccc4)cc3C=C3SC(=S)N(CC(=O)O)C3=O)c2)cc1. The van der Waals surface area contributed by atoms with Gasteiger partial charge < -0.3 is 9.84 Å². The summed E-state index contributed by atoms with van der Waals surface area (Å²) in [6, 6.07) is 25.5. The molecule has 1 aliphatic rings. The van der Waals surface area contributed by atoms with E-state index in [0.717, 1.165) is 33.5 Å². The third kappa shape index (κ3) is 5.69. The van der Waals surface area contributed by atoms with Crippen LogP contribution >= 0.6 is 24.0 Å². The molecule has 9 heteroatoms. The fourth-order valence-corrected chi connectivity index (χ4v) is 5.17.